The van der Waals surface area contributed by atoms with Gasteiger partial charge in [-0.1, -0.05) is 24.3 Å². The number of aromatic nitrogens is 1. The van der Waals surface area contributed by atoms with Gasteiger partial charge in [-0.15, -0.1) is 11.3 Å². The molecule has 1 heterocycles. The van der Waals surface area contributed by atoms with E-state index in [0.717, 1.165) is 16.3 Å². The Bertz CT molecular complexity index is 567. The van der Waals surface area contributed by atoms with Crippen LogP contribution in [-0.4, -0.2) is 10.1 Å². The smallest absolute Gasteiger partial charge is 0.0960 e. The Morgan fingerprint density at radius 3 is 2.68 bits per heavy atom. The van der Waals surface area contributed by atoms with Gasteiger partial charge in [0.05, 0.1) is 16.8 Å². The molecule has 19 heavy (non-hydrogen) atoms. The molecule has 1 N–H and O–H groups in total. The highest BCUT2D eigenvalue weighted by Gasteiger charge is 2.27. The summed E-state index contributed by atoms with van der Waals surface area (Å²) in [6, 6.07) is 8.31. The Balaban J connectivity index is 1.82. The van der Waals surface area contributed by atoms with Gasteiger partial charge in [-0.2, -0.15) is 0 Å². The summed E-state index contributed by atoms with van der Waals surface area (Å²) in [6.07, 6.45) is 2.73. The maximum absolute atomic E-state index is 10.5. The number of aliphatic hydroxyl groups is 1. The van der Waals surface area contributed by atoms with Gasteiger partial charge in [-0.3, -0.25) is 0 Å². The van der Waals surface area contributed by atoms with Crippen molar-refractivity contribution in [1.82, 2.24) is 4.98 Å². The molecular formula is C16H19NOS. The first-order chi connectivity index (χ1) is 9.15. The van der Waals surface area contributed by atoms with Crippen LogP contribution in [0.1, 0.15) is 51.6 Å². The molecule has 0 spiro atoms. The molecule has 0 radical (unpaired) electrons. The van der Waals surface area contributed by atoms with E-state index < -0.39 is 6.10 Å². The Morgan fingerprint density at radius 1 is 1.32 bits per heavy atom. The van der Waals surface area contributed by atoms with Gasteiger partial charge in [0.25, 0.3) is 0 Å². The molecule has 0 bridgehead atoms. The average molecular weight is 273 g/mol. The molecule has 0 aliphatic heterocycles. The summed E-state index contributed by atoms with van der Waals surface area (Å²) in [6.45, 7) is 4.11. The zero-order chi connectivity index (χ0) is 13.4. The summed E-state index contributed by atoms with van der Waals surface area (Å²) < 4.78 is 0. The standard InChI is InChI=1S/C16H19NOS/c1-10-11(2)19-16(17-10)9-15(18)14-6-4-3-5-13(14)12-7-8-12/h3-6,12,15,18H,7-9H2,1-2H3. The van der Waals surface area contributed by atoms with E-state index in [4.69, 9.17) is 0 Å². The minimum Gasteiger partial charge on any atom is -0.388 e. The summed E-state index contributed by atoms with van der Waals surface area (Å²) in [5.41, 5.74) is 3.51. The van der Waals surface area contributed by atoms with Crippen LogP contribution in [0.3, 0.4) is 0 Å². The topological polar surface area (TPSA) is 33.1 Å². The Hall–Kier alpha value is -1.19. The van der Waals surface area contributed by atoms with E-state index >= 15 is 0 Å². The molecule has 1 aromatic heterocycles. The average Bonchev–Trinajstić information content (AvgIpc) is 3.18. The van der Waals surface area contributed by atoms with Gasteiger partial charge in [-0.25, -0.2) is 4.98 Å². The number of nitrogens with zero attached hydrogens (tertiary/aromatic N) is 1. The number of rotatable bonds is 4. The third kappa shape index (κ3) is 2.72. The number of benzene rings is 1. The normalized spacial score (nSPS) is 16.6. The van der Waals surface area contributed by atoms with Crippen LogP contribution in [-0.2, 0) is 6.42 Å². The first-order valence-electron chi connectivity index (χ1n) is 6.85. The van der Waals surface area contributed by atoms with Crippen LogP contribution in [0, 0.1) is 13.8 Å². The van der Waals surface area contributed by atoms with Crippen molar-refractivity contribution in [3.8, 4) is 0 Å². The van der Waals surface area contributed by atoms with Crippen LogP contribution in [0.15, 0.2) is 24.3 Å². The number of hydrogen-bond acceptors (Lipinski definition) is 3. The van der Waals surface area contributed by atoms with Crippen molar-refractivity contribution in [2.24, 2.45) is 0 Å². The van der Waals surface area contributed by atoms with Gasteiger partial charge >= 0.3 is 0 Å². The second-order valence-corrected chi connectivity index (χ2v) is 6.66. The van der Waals surface area contributed by atoms with Crippen molar-refractivity contribution < 1.29 is 5.11 Å². The fourth-order valence-electron chi connectivity index (χ4n) is 2.48. The maximum Gasteiger partial charge on any atom is 0.0960 e. The van der Waals surface area contributed by atoms with Crippen molar-refractivity contribution in [3.63, 3.8) is 0 Å². The van der Waals surface area contributed by atoms with Crippen molar-refractivity contribution in [3.05, 3.63) is 51.0 Å². The molecule has 1 unspecified atom stereocenters. The van der Waals surface area contributed by atoms with Gasteiger partial charge < -0.3 is 5.11 Å². The lowest BCUT2D eigenvalue weighted by atomic mass is 9.97. The first kappa shape index (κ1) is 12.8. The van der Waals surface area contributed by atoms with Gasteiger partial charge in [0.2, 0.25) is 0 Å². The molecule has 0 saturated heterocycles. The lowest BCUT2D eigenvalue weighted by Gasteiger charge is -2.14. The summed E-state index contributed by atoms with van der Waals surface area (Å²) in [5, 5.41) is 11.5. The van der Waals surface area contributed by atoms with Gasteiger partial charge in [0.1, 0.15) is 0 Å². The van der Waals surface area contributed by atoms with Crippen LogP contribution >= 0.6 is 11.3 Å². The van der Waals surface area contributed by atoms with E-state index in [1.54, 1.807) is 11.3 Å². The van der Waals surface area contributed by atoms with Crippen LogP contribution < -0.4 is 0 Å². The zero-order valence-corrected chi connectivity index (χ0v) is 12.2. The van der Waals surface area contributed by atoms with Crippen molar-refractivity contribution in [1.29, 1.82) is 0 Å². The zero-order valence-electron chi connectivity index (χ0n) is 11.4. The number of aryl methyl sites for hydroxylation is 2. The van der Waals surface area contributed by atoms with Crippen molar-refractivity contribution >= 4 is 11.3 Å². The highest BCUT2D eigenvalue weighted by Crippen LogP contribution is 2.43. The van der Waals surface area contributed by atoms with E-state index in [1.165, 1.54) is 23.3 Å². The third-order valence-corrected chi connectivity index (χ3v) is 4.91. The predicted molar refractivity (Wildman–Crippen MR) is 78.7 cm³/mol. The fourth-order valence-corrected chi connectivity index (χ4v) is 3.45. The number of thiazole rings is 1. The lowest BCUT2D eigenvalue weighted by Crippen LogP contribution is -2.04. The summed E-state index contributed by atoms with van der Waals surface area (Å²) >= 11 is 1.70. The van der Waals surface area contributed by atoms with E-state index in [1.807, 2.05) is 13.0 Å². The third-order valence-electron chi connectivity index (χ3n) is 3.81. The highest BCUT2D eigenvalue weighted by molar-refractivity contribution is 7.11. The number of aliphatic hydroxyl groups excluding tert-OH is 1. The second kappa shape index (κ2) is 5.06. The van der Waals surface area contributed by atoms with Crippen LogP contribution in [0.25, 0.3) is 0 Å². The fraction of sp³-hybridized carbons (Fsp3) is 0.438. The minimum absolute atomic E-state index is 0.429. The summed E-state index contributed by atoms with van der Waals surface area (Å²) in [7, 11) is 0. The molecule has 1 fully saturated rings. The summed E-state index contributed by atoms with van der Waals surface area (Å²) in [5.74, 6) is 0.672. The van der Waals surface area contributed by atoms with Gasteiger partial charge in [0.15, 0.2) is 0 Å². The van der Waals surface area contributed by atoms with E-state index in [0.29, 0.717) is 12.3 Å². The monoisotopic (exact) mass is 273 g/mol. The minimum atomic E-state index is -0.429. The van der Waals surface area contributed by atoms with Crippen LogP contribution in [0.2, 0.25) is 0 Å². The molecule has 1 aliphatic carbocycles. The van der Waals surface area contributed by atoms with Crippen LogP contribution in [0.4, 0.5) is 0 Å². The molecular weight excluding hydrogens is 254 g/mol. The largest absolute Gasteiger partial charge is 0.388 e. The maximum atomic E-state index is 10.5. The van der Waals surface area contributed by atoms with Crippen molar-refractivity contribution in [2.45, 2.75) is 45.1 Å². The summed E-state index contributed by atoms with van der Waals surface area (Å²) in [4.78, 5) is 5.77. The molecule has 3 heteroatoms. The first-order valence-corrected chi connectivity index (χ1v) is 7.66. The molecule has 2 nitrogen and oxygen atoms in total. The molecule has 1 aromatic carbocycles. The molecule has 100 valence electrons. The Morgan fingerprint density at radius 2 is 2.05 bits per heavy atom. The second-order valence-electron chi connectivity index (χ2n) is 5.37. The molecule has 0 amide bonds. The molecule has 1 saturated carbocycles. The Kier molecular flexibility index (Phi) is 3.42. The molecule has 2 aromatic rings. The van der Waals surface area contributed by atoms with Gasteiger partial charge in [0, 0.05) is 11.3 Å². The Labute approximate surface area is 118 Å². The quantitative estimate of drug-likeness (QED) is 0.916. The molecule has 3 rings (SSSR count). The van der Waals surface area contributed by atoms with E-state index in [9.17, 15) is 5.11 Å². The SMILES string of the molecule is Cc1nc(CC(O)c2ccccc2C2CC2)sc1C. The highest BCUT2D eigenvalue weighted by atomic mass is 32.1. The lowest BCUT2D eigenvalue weighted by molar-refractivity contribution is 0.177. The van der Waals surface area contributed by atoms with E-state index in [2.05, 4.69) is 30.1 Å². The van der Waals surface area contributed by atoms with Crippen molar-refractivity contribution in [2.75, 3.05) is 0 Å². The number of hydrogen-bond donors (Lipinski definition) is 1. The van der Waals surface area contributed by atoms with Crippen LogP contribution in [0.5, 0.6) is 0 Å². The van der Waals surface area contributed by atoms with E-state index in [-0.39, 0.29) is 0 Å². The molecule has 1 atom stereocenters. The van der Waals surface area contributed by atoms with Gasteiger partial charge in [-0.05, 0) is 43.7 Å². The predicted octanol–water partition coefficient (Wildman–Crippen LogP) is 3.91. The molecule has 1 aliphatic rings.